The molecule has 510 valence electrons. The van der Waals surface area contributed by atoms with Crippen molar-refractivity contribution in [2.75, 3.05) is 13.1 Å². The lowest BCUT2D eigenvalue weighted by molar-refractivity contribution is -0.144. The SMILES string of the molecule is CC(C)C[C@H](NC(=O)[C@H](CCCN)NC(=O)[C@@H](N)C(C)C)C(=O)N[C@@H](Cc1ccc(F)cc1)C(=O)N1CCC[C@H]1C(=O)N[C@@H](Cc1ccccc1)C(=O)N[C@@H](Cc1ccccc1)C(=O)N[C@@H](CC(N)=O)C(=O)N[C@@H](CC(=O)O)C(=O)N[C@@H](Cc1c[nH]c2ccccc12)C(=O)O. The Labute approximate surface area is 548 Å². The number of carbonyl (C=O) groups is 12. The van der Waals surface area contributed by atoms with Crippen LogP contribution in [0.3, 0.4) is 0 Å². The van der Waals surface area contributed by atoms with Crippen LogP contribution in [0.2, 0.25) is 0 Å². The summed E-state index contributed by atoms with van der Waals surface area (Å²) in [5, 5.41) is 41.2. The third kappa shape index (κ3) is 22.6. The molecule has 6 rings (SSSR count). The van der Waals surface area contributed by atoms with Gasteiger partial charge in [0.05, 0.1) is 18.9 Å². The van der Waals surface area contributed by atoms with Crippen LogP contribution in [-0.4, -0.2) is 165 Å². The first-order valence-corrected chi connectivity index (χ1v) is 31.5. The zero-order valence-electron chi connectivity index (χ0n) is 53.4. The molecule has 10 amide bonds. The number of carboxylic acid groups (broad SMARTS) is 2. The molecule has 0 aliphatic carbocycles. The van der Waals surface area contributed by atoms with Gasteiger partial charge in [0.1, 0.15) is 60.2 Å². The number of nitrogens with one attached hydrogen (secondary N) is 9. The van der Waals surface area contributed by atoms with Crippen molar-refractivity contribution >= 4 is 81.9 Å². The molecule has 2 heterocycles. The van der Waals surface area contributed by atoms with E-state index in [4.69, 9.17) is 17.2 Å². The van der Waals surface area contributed by atoms with Gasteiger partial charge >= 0.3 is 11.9 Å². The van der Waals surface area contributed by atoms with Gasteiger partial charge in [-0.1, -0.05) is 119 Å². The van der Waals surface area contributed by atoms with E-state index in [0.717, 1.165) is 0 Å². The summed E-state index contributed by atoms with van der Waals surface area (Å²) in [5.74, 6) is -13.4. The molecule has 5 aromatic rings. The van der Waals surface area contributed by atoms with Crippen LogP contribution in [0.5, 0.6) is 0 Å². The summed E-state index contributed by atoms with van der Waals surface area (Å²) in [6.45, 7) is 7.31. The number of rotatable bonds is 36. The number of benzene rings is 4. The number of hydrogen-bond donors (Lipinski definition) is 14. The lowest BCUT2D eigenvalue weighted by atomic mass is 9.99. The first-order valence-electron chi connectivity index (χ1n) is 31.5. The molecule has 1 fully saturated rings. The van der Waals surface area contributed by atoms with E-state index in [1.165, 1.54) is 29.2 Å². The molecule has 0 radical (unpaired) electrons. The van der Waals surface area contributed by atoms with E-state index in [1.54, 1.807) is 105 Å². The van der Waals surface area contributed by atoms with Gasteiger partial charge in [-0.25, -0.2) is 9.18 Å². The number of carboxylic acids is 2. The second-order valence-electron chi connectivity index (χ2n) is 24.4. The molecule has 1 aliphatic rings. The van der Waals surface area contributed by atoms with Crippen LogP contribution in [0.25, 0.3) is 10.9 Å². The van der Waals surface area contributed by atoms with Crippen molar-refractivity contribution in [1.29, 1.82) is 0 Å². The van der Waals surface area contributed by atoms with Crippen LogP contribution in [0, 0.1) is 17.7 Å². The van der Waals surface area contributed by atoms with Crippen molar-refractivity contribution < 1.29 is 72.1 Å². The van der Waals surface area contributed by atoms with E-state index in [0.29, 0.717) is 39.6 Å². The van der Waals surface area contributed by atoms with E-state index in [9.17, 15) is 67.3 Å². The van der Waals surface area contributed by atoms with E-state index in [-0.39, 0.29) is 76.3 Å². The Bertz CT molecular complexity index is 3500. The molecule has 95 heavy (non-hydrogen) atoms. The van der Waals surface area contributed by atoms with Gasteiger partial charge in [0.15, 0.2) is 0 Å². The number of nitrogens with zero attached hydrogens (tertiary/aromatic N) is 1. The summed E-state index contributed by atoms with van der Waals surface area (Å²) in [6.07, 6.45) is -0.445. The van der Waals surface area contributed by atoms with Crippen LogP contribution in [0.15, 0.2) is 115 Å². The van der Waals surface area contributed by atoms with Crippen LogP contribution in [-0.2, 0) is 83.2 Å². The molecule has 1 aliphatic heterocycles. The van der Waals surface area contributed by atoms with Crippen LogP contribution < -0.4 is 59.7 Å². The number of H-pyrrole nitrogens is 1. The molecule has 1 aromatic heterocycles. The molecular weight excluding hydrogens is 1230 g/mol. The van der Waals surface area contributed by atoms with Gasteiger partial charge in [-0.05, 0) is 90.9 Å². The standard InChI is InChI=1S/C67H86FN13O14/c1-37(2)29-47(74-58(85)46(21-13-27-69)73-65(92)57(71)38(3)4)59(86)79-52(32-41-23-25-43(68)26-24-41)66(93)81-28-14-22-54(81)64(91)78-49(31-40-17-9-6-10-18-40)61(88)75-48(30-39-15-7-5-8-16-39)60(87)76-50(34-55(70)82)62(89)77-51(35-56(83)84)63(90)80-53(67(94)95)33-42-36-72-45-20-12-11-19-44(42)45/h5-12,15-20,23-26,36-38,46-54,57,72H,13-14,21-22,27-35,69,71H2,1-4H3,(H2,70,82)(H,73,92)(H,74,85)(H,75,88)(H,76,87)(H,77,89)(H,78,91)(H,79,86)(H,80,90)(H,83,84)(H,94,95)/t46-,47-,48-,49-,50-,51-,52-,53-,54-,57-/m0/s1. The molecule has 0 bridgehead atoms. The summed E-state index contributed by atoms with van der Waals surface area (Å²) in [7, 11) is 0. The number of aromatic amines is 1. The van der Waals surface area contributed by atoms with Crippen molar-refractivity contribution in [3.63, 3.8) is 0 Å². The van der Waals surface area contributed by atoms with Crippen molar-refractivity contribution in [2.24, 2.45) is 29.0 Å². The zero-order valence-corrected chi connectivity index (χ0v) is 53.4. The number of nitrogens with two attached hydrogens (primary N) is 3. The van der Waals surface area contributed by atoms with Crippen LogP contribution >= 0.6 is 0 Å². The number of fused-ring (bicyclic) bond motifs is 1. The molecular formula is C67H86FN13O14. The Hall–Kier alpha value is -10.1. The summed E-state index contributed by atoms with van der Waals surface area (Å²) >= 11 is 0. The fourth-order valence-corrected chi connectivity index (χ4v) is 11.0. The highest BCUT2D eigenvalue weighted by Crippen LogP contribution is 2.23. The minimum atomic E-state index is -1.96. The van der Waals surface area contributed by atoms with E-state index >= 15 is 4.79 Å². The Kier molecular flexibility index (Phi) is 27.9. The number of aromatic nitrogens is 1. The fourth-order valence-electron chi connectivity index (χ4n) is 11.0. The maximum Gasteiger partial charge on any atom is 0.326 e. The predicted molar refractivity (Wildman–Crippen MR) is 347 cm³/mol. The summed E-state index contributed by atoms with van der Waals surface area (Å²) in [4.78, 5) is 170. The highest BCUT2D eigenvalue weighted by atomic mass is 19.1. The Balaban J connectivity index is 1.24. The molecule has 27 nitrogen and oxygen atoms in total. The number of aliphatic carboxylic acids is 2. The number of amides is 10. The minimum absolute atomic E-state index is 0.00516. The quantitative estimate of drug-likeness (QED) is 0.0262. The van der Waals surface area contributed by atoms with Crippen molar-refractivity contribution in [3.05, 3.63) is 143 Å². The number of likely N-dealkylation sites (tertiary alicyclic amines) is 1. The Morgan fingerprint density at radius 1 is 0.558 bits per heavy atom. The predicted octanol–water partition coefficient (Wildman–Crippen LogP) is 0.650. The largest absolute Gasteiger partial charge is 0.481 e. The summed E-state index contributed by atoms with van der Waals surface area (Å²) in [5.41, 5.74) is 20.1. The third-order valence-corrected chi connectivity index (χ3v) is 16.1. The van der Waals surface area contributed by atoms with Crippen molar-refractivity contribution in [3.8, 4) is 0 Å². The fraction of sp³-hybridized carbons (Fsp3) is 0.433. The van der Waals surface area contributed by atoms with Gasteiger partial charge in [0, 0.05) is 49.3 Å². The first kappa shape index (κ1) is 74.0. The average molecular weight is 1320 g/mol. The number of halogens is 1. The smallest absolute Gasteiger partial charge is 0.326 e. The van der Waals surface area contributed by atoms with Crippen molar-refractivity contribution in [1.82, 2.24) is 52.4 Å². The van der Waals surface area contributed by atoms with Gasteiger partial charge in [-0.15, -0.1) is 0 Å². The van der Waals surface area contributed by atoms with Gasteiger partial charge in [-0.3, -0.25) is 52.7 Å². The van der Waals surface area contributed by atoms with Crippen LogP contribution in [0.1, 0.15) is 94.9 Å². The number of carbonyl (C=O) groups excluding carboxylic acids is 10. The molecule has 0 saturated carbocycles. The summed E-state index contributed by atoms with van der Waals surface area (Å²) < 4.78 is 14.3. The first-order chi connectivity index (χ1) is 45.2. The number of para-hydroxylation sites is 1. The third-order valence-electron chi connectivity index (χ3n) is 16.1. The second-order valence-corrected chi connectivity index (χ2v) is 24.4. The molecule has 0 unspecified atom stereocenters. The molecule has 1 saturated heterocycles. The van der Waals surface area contributed by atoms with Gasteiger partial charge in [0.25, 0.3) is 0 Å². The van der Waals surface area contributed by atoms with Crippen molar-refractivity contribution in [2.45, 2.75) is 159 Å². The van der Waals surface area contributed by atoms with Crippen LogP contribution in [0.4, 0.5) is 4.39 Å². The molecule has 10 atom stereocenters. The Morgan fingerprint density at radius 3 is 1.59 bits per heavy atom. The van der Waals surface area contributed by atoms with Gasteiger partial charge in [0.2, 0.25) is 59.1 Å². The maximum atomic E-state index is 15.1. The molecule has 17 N–H and O–H groups in total. The zero-order chi connectivity index (χ0) is 69.5. The molecule has 4 aromatic carbocycles. The monoisotopic (exact) mass is 1320 g/mol. The molecule has 28 heteroatoms. The van der Waals surface area contributed by atoms with E-state index < -0.39 is 150 Å². The second kappa shape index (κ2) is 35.8. The lowest BCUT2D eigenvalue weighted by Gasteiger charge is -2.31. The van der Waals surface area contributed by atoms with E-state index in [1.807, 2.05) is 13.8 Å². The Morgan fingerprint density at radius 2 is 1.03 bits per heavy atom. The lowest BCUT2D eigenvalue weighted by Crippen LogP contribution is -2.61. The topological polar surface area (TPSA) is 439 Å². The normalized spacial score (nSPS) is 15.7. The summed E-state index contributed by atoms with van der Waals surface area (Å²) in [6, 6.07) is 14.3. The number of hydrogen-bond acceptors (Lipinski definition) is 14. The van der Waals surface area contributed by atoms with E-state index in [2.05, 4.69) is 47.5 Å². The minimum Gasteiger partial charge on any atom is -0.481 e. The average Bonchev–Trinajstić information content (AvgIpc) is 1.78. The number of primary amides is 1. The van der Waals surface area contributed by atoms with Gasteiger partial charge in [-0.2, -0.15) is 0 Å². The maximum absolute atomic E-state index is 15.1. The molecule has 0 spiro atoms. The highest BCUT2D eigenvalue weighted by molar-refractivity contribution is 6.00. The van der Waals surface area contributed by atoms with Gasteiger partial charge < -0.3 is 79.8 Å². The highest BCUT2D eigenvalue weighted by Gasteiger charge is 2.41.